The van der Waals surface area contributed by atoms with Crippen LogP contribution in [0.2, 0.25) is 0 Å². The summed E-state index contributed by atoms with van der Waals surface area (Å²) in [6.45, 7) is 0.885. The summed E-state index contributed by atoms with van der Waals surface area (Å²) in [6.07, 6.45) is 3.65. The summed E-state index contributed by atoms with van der Waals surface area (Å²) in [4.78, 5) is 33.6. The second kappa shape index (κ2) is 10.8. The van der Waals surface area contributed by atoms with Crippen LogP contribution in [0.25, 0.3) is 0 Å². The van der Waals surface area contributed by atoms with Gasteiger partial charge in [-0.1, -0.05) is 24.3 Å². The van der Waals surface area contributed by atoms with E-state index in [-0.39, 0.29) is 18.7 Å². The molecule has 0 aliphatic heterocycles. The van der Waals surface area contributed by atoms with Gasteiger partial charge in [0.15, 0.2) is 0 Å². The van der Waals surface area contributed by atoms with E-state index in [9.17, 15) is 9.36 Å². The molecule has 0 saturated carbocycles. The van der Waals surface area contributed by atoms with Crippen LogP contribution in [-0.2, 0) is 14.1 Å². The van der Waals surface area contributed by atoms with Crippen molar-refractivity contribution in [2.24, 2.45) is 4.99 Å². The third kappa shape index (κ3) is 7.65. The zero-order valence-electron chi connectivity index (χ0n) is 15.2. The van der Waals surface area contributed by atoms with E-state index in [1.807, 2.05) is 0 Å². The summed E-state index contributed by atoms with van der Waals surface area (Å²) in [5, 5.41) is 2.39. The fourth-order valence-corrected chi connectivity index (χ4v) is 4.33. The second-order valence-electron chi connectivity index (χ2n) is 6.85. The first kappa shape index (κ1) is 21.9. The fraction of sp³-hybridized carbons (Fsp3) is 0.579. The van der Waals surface area contributed by atoms with E-state index in [2.05, 4.69) is 46.6 Å². The van der Waals surface area contributed by atoms with Crippen LogP contribution in [0.4, 0.5) is 0 Å². The molecule has 0 spiro atoms. The summed E-state index contributed by atoms with van der Waals surface area (Å²) >= 11 is 4.60. The molecule has 2 bridgehead atoms. The highest BCUT2D eigenvalue weighted by Gasteiger charge is 2.30. The first-order chi connectivity index (χ1) is 12.9. The van der Waals surface area contributed by atoms with E-state index < -0.39 is 7.60 Å². The number of unbranched alkanes of at least 4 members (excludes halogenated alkanes) is 1. The van der Waals surface area contributed by atoms with Gasteiger partial charge in [0.1, 0.15) is 0 Å². The van der Waals surface area contributed by atoms with Gasteiger partial charge in [-0.25, -0.2) is 4.99 Å². The molecule has 0 amide bonds. The Morgan fingerprint density at radius 1 is 1.19 bits per heavy atom. The molecule has 27 heavy (non-hydrogen) atoms. The van der Waals surface area contributed by atoms with E-state index in [0.717, 1.165) is 19.3 Å². The number of hydrogen-bond donors (Lipinski definition) is 2. The van der Waals surface area contributed by atoms with Crippen LogP contribution in [0.15, 0.2) is 29.3 Å². The SMILES string of the molecule is O=C(CCC1c2cccc(c2)C1CCCN=C=S)OCCCCP(=O)(O)O. The Morgan fingerprint density at radius 2 is 1.89 bits per heavy atom. The number of rotatable bonds is 12. The van der Waals surface area contributed by atoms with Crippen LogP contribution in [-0.4, -0.2) is 40.2 Å². The largest absolute Gasteiger partial charge is 0.466 e. The minimum atomic E-state index is -3.96. The first-order valence-corrected chi connectivity index (χ1v) is 11.4. The molecule has 8 heteroatoms. The van der Waals surface area contributed by atoms with Crippen molar-refractivity contribution in [3.8, 4) is 0 Å². The molecular weight excluding hydrogens is 385 g/mol. The Bertz CT molecular complexity index is 729. The maximum Gasteiger partial charge on any atom is 0.325 e. The Balaban J connectivity index is 1.74. The quantitative estimate of drug-likeness (QED) is 0.177. The predicted octanol–water partition coefficient (Wildman–Crippen LogP) is 4.03. The van der Waals surface area contributed by atoms with Crippen LogP contribution in [0.3, 0.4) is 0 Å². The lowest BCUT2D eigenvalue weighted by molar-refractivity contribution is -0.144. The minimum Gasteiger partial charge on any atom is -0.466 e. The van der Waals surface area contributed by atoms with Crippen LogP contribution in [0, 0.1) is 0 Å². The van der Waals surface area contributed by atoms with E-state index in [1.54, 1.807) is 0 Å². The zero-order chi connectivity index (χ0) is 19.7. The van der Waals surface area contributed by atoms with Crippen molar-refractivity contribution in [2.75, 3.05) is 19.3 Å². The van der Waals surface area contributed by atoms with Gasteiger partial charge in [-0.2, -0.15) is 0 Å². The Kier molecular flexibility index (Phi) is 8.81. The Morgan fingerprint density at radius 3 is 2.56 bits per heavy atom. The van der Waals surface area contributed by atoms with Crippen molar-refractivity contribution in [3.63, 3.8) is 0 Å². The highest BCUT2D eigenvalue weighted by molar-refractivity contribution is 7.78. The molecule has 1 aromatic carbocycles. The summed E-state index contributed by atoms with van der Waals surface area (Å²) in [5.41, 5.74) is 2.58. The number of carbonyl (C=O) groups is 1. The average molecular weight is 411 g/mol. The summed E-state index contributed by atoms with van der Waals surface area (Å²) in [5.74, 6) is 0.454. The standard InChI is InChI=1S/C19H26NO5PS/c21-19(25-11-1-2-12-26(22,23)24)9-8-18-16-6-3-5-15(13-16)17(18)7-4-10-20-14-27/h3,5-6,13,17-18H,1-2,4,7-12H2,(H2,22,23,24). The second-order valence-corrected chi connectivity index (χ2v) is 8.81. The van der Waals surface area contributed by atoms with Crippen molar-refractivity contribution < 1.29 is 23.9 Å². The molecule has 2 unspecified atom stereocenters. The molecule has 148 valence electrons. The van der Waals surface area contributed by atoms with Gasteiger partial charge in [0, 0.05) is 19.1 Å². The number of carbonyl (C=O) groups excluding carboxylic acids is 1. The number of aliphatic imine (C=N–C) groups is 1. The molecule has 0 aromatic heterocycles. The number of hydrogen-bond acceptors (Lipinski definition) is 5. The summed E-state index contributed by atoms with van der Waals surface area (Å²) in [7, 11) is -3.96. The molecule has 2 rings (SSSR count). The van der Waals surface area contributed by atoms with E-state index in [0.29, 0.717) is 37.6 Å². The van der Waals surface area contributed by atoms with Gasteiger partial charge in [0.25, 0.3) is 0 Å². The van der Waals surface area contributed by atoms with Gasteiger partial charge < -0.3 is 14.5 Å². The number of nitrogens with zero attached hydrogens (tertiary/aromatic N) is 1. The van der Waals surface area contributed by atoms with Gasteiger partial charge >= 0.3 is 13.6 Å². The van der Waals surface area contributed by atoms with Crippen LogP contribution in [0.1, 0.15) is 61.5 Å². The molecular formula is C19H26NO5PS. The van der Waals surface area contributed by atoms with E-state index in [4.69, 9.17) is 14.5 Å². The topological polar surface area (TPSA) is 96.2 Å². The molecule has 1 aromatic rings. The number of fused-ring (bicyclic) bond motifs is 2. The van der Waals surface area contributed by atoms with Gasteiger partial charge in [-0.15, -0.1) is 0 Å². The summed E-state index contributed by atoms with van der Waals surface area (Å²) < 4.78 is 16.0. The van der Waals surface area contributed by atoms with Gasteiger partial charge in [-0.05, 0) is 67.3 Å². The van der Waals surface area contributed by atoms with Crippen LogP contribution >= 0.6 is 19.8 Å². The normalized spacial score (nSPS) is 18.1. The molecule has 2 atom stereocenters. The van der Waals surface area contributed by atoms with Crippen LogP contribution < -0.4 is 0 Å². The van der Waals surface area contributed by atoms with Crippen molar-refractivity contribution in [1.82, 2.24) is 0 Å². The molecule has 0 heterocycles. The highest BCUT2D eigenvalue weighted by atomic mass is 32.1. The number of isothiocyanates is 1. The molecule has 0 saturated heterocycles. The van der Waals surface area contributed by atoms with E-state index in [1.165, 1.54) is 11.1 Å². The van der Waals surface area contributed by atoms with Crippen molar-refractivity contribution >= 4 is 30.9 Å². The third-order valence-corrected chi connectivity index (χ3v) is 5.90. The Hall–Kier alpha value is -1.36. The molecule has 1 aliphatic carbocycles. The van der Waals surface area contributed by atoms with Crippen LogP contribution in [0.5, 0.6) is 0 Å². The van der Waals surface area contributed by atoms with E-state index >= 15 is 0 Å². The van der Waals surface area contributed by atoms with Gasteiger partial charge in [-0.3, -0.25) is 9.36 Å². The molecule has 0 radical (unpaired) electrons. The lowest BCUT2D eigenvalue weighted by Gasteiger charge is -2.21. The summed E-state index contributed by atoms with van der Waals surface area (Å²) in [6, 6.07) is 8.52. The number of benzene rings is 1. The van der Waals surface area contributed by atoms with Crippen molar-refractivity contribution in [3.05, 3.63) is 35.4 Å². The predicted molar refractivity (Wildman–Crippen MR) is 107 cm³/mol. The molecule has 0 fully saturated rings. The molecule has 1 aliphatic rings. The average Bonchev–Trinajstić information content (AvgIpc) is 2.85. The lowest BCUT2D eigenvalue weighted by atomic mass is 9.84. The maximum absolute atomic E-state index is 12.0. The van der Waals surface area contributed by atoms with Gasteiger partial charge in [0.2, 0.25) is 0 Å². The molecule has 2 N–H and O–H groups in total. The third-order valence-electron chi connectivity index (χ3n) is 4.87. The van der Waals surface area contributed by atoms with Gasteiger partial charge in [0.05, 0.1) is 11.8 Å². The van der Waals surface area contributed by atoms with Crippen molar-refractivity contribution in [2.45, 2.75) is 50.4 Å². The smallest absolute Gasteiger partial charge is 0.325 e. The van der Waals surface area contributed by atoms with Crippen molar-refractivity contribution in [1.29, 1.82) is 0 Å². The number of esters is 1. The first-order valence-electron chi connectivity index (χ1n) is 9.24. The molecule has 6 nitrogen and oxygen atoms in total. The highest BCUT2D eigenvalue weighted by Crippen LogP contribution is 2.45. The maximum atomic E-state index is 12.0. The minimum absolute atomic E-state index is 0.169. The monoisotopic (exact) mass is 411 g/mol. The zero-order valence-corrected chi connectivity index (χ0v) is 17.0. The number of thiocarbonyl (C=S) groups is 1. The fourth-order valence-electron chi connectivity index (χ4n) is 3.61. The lowest BCUT2D eigenvalue weighted by Crippen LogP contribution is -2.11. The Labute approximate surface area is 165 Å². The number of ether oxygens (including phenoxy) is 1.